The largest absolute Gasteiger partial charge is 0.329 e. The second-order valence-electron chi connectivity index (χ2n) is 4.09. The number of hydrogen-bond donors (Lipinski definition) is 1. The Hall–Kier alpha value is -0.180. The van der Waals surface area contributed by atoms with E-state index in [-0.39, 0.29) is 24.1 Å². The minimum Gasteiger partial charge on any atom is -0.329 e. The van der Waals surface area contributed by atoms with E-state index in [0.717, 1.165) is 19.1 Å². The molecule has 1 aliphatic heterocycles. The van der Waals surface area contributed by atoms with Gasteiger partial charge >= 0.3 is 0 Å². The summed E-state index contributed by atoms with van der Waals surface area (Å²) in [6.45, 7) is 0.742. The second-order valence-corrected chi connectivity index (χ2v) is 8.39. The zero-order valence-corrected chi connectivity index (χ0v) is 10.9. The van der Waals surface area contributed by atoms with Crippen molar-refractivity contribution in [2.45, 2.75) is 18.9 Å². The highest BCUT2D eigenvalue weighted by Crippen LogP contribution is 2.20. The zero-order chi connectivity index (χ0) is 12.4. The number of rotatable bonds is 5. The lowest BCUT2D eigenvalue weighted by Crippen LogP contribution is -2.42. The van der Waals surface area contributed by atoms with Crippen molar-refractivity contribution in [3.63, 3.8) is 0 Å². The van der Waals surface area contributed by atoms with Gasteiger partial charge in [0.2, 0.25) is 10.0 Å². The van der Waals surface area contributed by atoms with Gasteiger partial charge in [0, 0.05) is 25.4 Å². The predicted molar refractivity (Wildman–Crippen MR) is 62.3 cm³/mol. The molecule has 1 rings (SSSR count). The van der Waals surface area contributed by atoms with Crippen molar-refractivity contribution >= 4 is 19.9 Å². The molecular weight excluding hydrogens is 252 g/mol. The minimum absolute atomic E-state index is 0.162. The van der Waals surface area contributed by atoms with Gasteiger partial charge in [-0.2, -0.15) is 4.31 Å². The molecule has 1 atom stereocenters. The van der Waals surface area contributed by atoms with Crippen LogP contribution in [0.4, 0.5) is 0 Å². The van der Waals surface area contributed by atoms with Crippen LogP contribution in [0.3, 0.4) is 0 Å². The molecule has 0 aliphatic carbocycles. The molecule has 6 nitrogen and oxygen atoms in total. The molecule has 1 unspecified atom stereocenters. The first-order valence-electron chi connectivity index (χ1n) is 5.13. The molecule has 96 valence electrons. The second kappa shape index (κ2) is 4.99. The van der Waals surface area contributed by atoms with Crippen LogP contribution in [0.2, 0.25) is 0 Å². The van der Waals surface area contributed by atoms with Crippen LogP contribution >= 0.6 is 0 Å². The summed E-state index contributed by atoms with van der Waals surface area (Å²) < 4.78 is 46.9. The summed E-state index contributed by atoms with van der Waals surface area (Å²) in [4.78, 5) is 0. The van der Waals surface area contributed by atoms with Crippen molar-refractivity contribution in [1.82, 2.24) is 4.31 Å². The maximum atomic E-state index is 11.9. The SMILES string of the molecule is CS(=O)(=O)CCS(=O)(=O)N1CCCC1CN. The third-order valence-corrected chi connectivity index (χ3v) is 5.78. The fourth-order valence-corrected chi connectivity index (χ4v) is 5.13. The van der Waals surface area contributed by atoms with Crippen LogP contribution in [0.25, 0.3) is 0 Å². The standard InChI is InChI=1S/C8H18N2O4S2/c1-15(11,12)5-6-16(13,14)10-4-2-3-8(10)7-9/h8H,2-7,9H2,1H3. The molecule has 0 amide bonds. The highest BCUT2D eigenvalue weighted by atomic mass is 32.2. The van der Waals surface area contributed by atoms with E-state index in [4.69, 9.17) is 5.73 Å². The van der Waals surface area contributed by atoms with Crippen LogP contribution in [0.1, 0.15) is 12.8 Å². The van der Waals surface area contributed by atoms with Crippen molar-refractivity contribution in [3.05, 3.63) is 0 Å². The van der Waals surface area contributed by atoms with E-state index in [1.807, 2.05) is 0 Å². The molecule has 2 N–H and O–H groups in total. The molecule has 1 fully saturated rings. The summed E-state index contributed by atoms with van der Waals surface area (Å²) >= 11 is 0. The molecule has 0 spiro atoms. The van der Waals surface area contributed by atoms with Gasteiger partial charge in [0.05, 0.1) is 11.5 Å². The lowest BCUT2D eigenvalue weighted by Gasteiger charge is -2.22. The third kappa shape index (κ3) is 3.69. The van der Waals surface area contributed by atoms with Crippen molar-refractivity contribution < 1.29 is 16.8 Å². The maximum absolute atomic E-state index is 11.9. The minimum atomic E-state index is -3.48. The first kappa shape index (κ1) is 13.9. The quantitative estimate of drug-likeness (QED) is 0.675. The van der Waals surface area contributed by atoms with E-state index in [1.165, 1.54) is 4.31 Å². The molecule has 8 heteroatoms. The lowest BCUT2D eigenvalue weighted by atomic mass is 10.2. The summed E-state index contributed by atoms with van der Waals surface area (Å²) in [6, 6.07) is -0.162. The Balaban J connectivity index is 2.70. The van der Waals surface area contributed by atoms with Gasteiger partial charge in [-0.25, -0.2) is 16.8 Å². The number of sulfonamides is 1. The average Bonchev–Trinajstić information content (AvgIpc) is 2.62. The molecule has 0 radical (unpaired) electrons. The molecule has 0 saturated carbocycles. The van der Waals surface area contributed by atoms with Crippen molar-refractivity contribution in [1.29, 1.82) is 0 Å². The van der Waals surface area contributed by atoms with Crippen LogP contribution in [0.15, 0.2) is 0 Å². The summed E-state index contributed by atoms with van der Waals surface area (Å²) in [7, 11) is -6.73. The topological polar surface area (TPSA) is 97.5 Å². The molecule has 16 heavy (non-hydrogen) atoms. The van der Waals surface area contributed by atoms with Crippen LogP contribution in [0, 0.1) is 0 Å². The number of nitrogens with zero attached hydrogens (tertiary/aromatic N) is 1. The first-order valence-corrected chi connectivity index (χ1v) is 8.80. The van der Waals surface area contributed by atoms with Gasteiger partial charge in [0.15, 0.2) is 0 Å². The highest BCUT2D eigenvalue weighted by Gasteiger charge is 2.33. The molecule has 0 aromatic heterocycles. The van der Waals surface area contributed by atoms with E-state index in [1.54, 1.807) is 0 Å². The predicted octanol–water partition coefficient (Wildman–Crippen LogP) is -1.22. The Bertz CT molecular complexity index is 429. The number of sulfone groups is 1. The summed E-state index contributed by atoms with van der Waals surface area (Å²) in [5, 5.41) is 0. The van der Waals surface area contributed by atoms with Crippen LogP contribution in [-0.4, -0.2) is 58.0 Å². The van der Waals surface area contributed by atoms with E-state index < -0.39 is 19.9 Å². The summed E-state index contributed by atoms with van der Waals surface area (Å²) in [5.41, 5.74) is 5.48. The Labute approximate surface area is 96.8 Å². The van der Waals surface area contributed by atoms with Gasteiger partial charge in [-0.1, -0.05) is 0 Å². The third-order valence-electron chi connectivity index (χ3n) is 2.66. The molecule has 0 aromatic carbocycles. The molecule has 1 saturated heterocycles. The fraction of sp³-hybridized carbons (Fsp3) is 1.00. The Kier molecular flexibility index (Phi) is 4.33. The highest BCUT2D eigenvalue weighted by molar-refractivity contribution is 7.93. The Morgan fingerprint density at radius 2 is 1.88 bits per heavy atom. The first-order chi connectivity index (χ1) is 7.26. The molecule has 0 aromatic rings. The van der Waals surface area contributed by atoms with Crippen LogP contribution in [0.5, 0.6) is 0 Å². The molecule has 0 bridgehead atoms. The maximum Gasteiger partial charge on any atom is 0.215 e. The smallest absolute Gasteiger partial charge is 0.215 e. The van der Waals surface area contributed by atoms with Crippen LogP contribution < -0.4 is 5.73 Å². The van der Waals surface area contributed by atoms with Gasteiger partial charge in [-0.05, 0) is 12.8 Å². The number of nitrogens with two attached hydrogens (primary N) is 1. The Morgan fingerprint density at radius 1 is 1.25 bits per heavy atom. The fourth-order valence-electron chi connectivity index (χ4n) is 1.78. The summed E-state index contributed by atoms with van der Waals surface area (Å²) in [5.74, 6) is -0.675. The normalized spacial score (nSPS) is 23.8. The lowest BCUT2D eigenvalue weighted by molar-refractivity contribution is 0.394. The molecule has 1 heterocycles. The van der Waals surface area contributed by atoms with Gasteiger partial charge in [-0.15, -0.1) is 0 Å². The summed E-state index contributed by atoms with van der Waals surface area (Å²) in [6.07, 6.45) is 2.58. The van der Waals surface area contributed by atoms with E-state index in [9.17, 15) is 16.8 Å². The van der Waals surface area contributed by atoms with E-state index >= 15 is 0 Å². The number of hydrogen-bond acceptors (Lipinski definition) is 5. The monoisotopic (exact) mass is 270 g/mol. The van der Waals surface area contributed by atoms with Gasteiger partial charge in [-0.3, -0.25) is 0 Å². The average molecular weight is 270 g/mol. The molecular formula is C8H18N2O4S2. The van der Waals surface area contributed by atoms with Crippen molar-refractivity contribution in [2.24, 2.45) is 5.73 Å². The van der Waals surface area contributed by atoms with Gasteiger partial charge in [0.1, 0.15) is 9.84 Å². The Morgan fingerprint density at radius 3 is 2.38 bits per heavy atom. The van der Waals surface area contributed by atoms with Crippen LogP contribution in [-0.2, 0) is 19.9 Å². The van der Waals surface area contributed by atoms with Gasteiger partial charge in [0.25, 0.3) is 0 Å². The van der Waals surface area contributed by atoms with Gasteiger partial charge < -0.3 is 5.73 Å². The zero-order valence-electron chi connectivity index (χ0n) is 9.29. The van der Waals surface area contributed by atoms with Crippen molar-refractivity contribution in [3.8, 4) is 0 Å². The van der Waals surface area contributed by atoms with E-state index in [0.29, 0.717) is 6.54 Å². The van der Waals surface area contributed by atoms with E-state index in [2.05, 4.69) is 0 Å². The molecule has 1 aliphatic rings. The van der Waals surface area contributed by atoms with Crippen molar-refractivity contribution in [2.75, 3.05) is 30.9 Å².